The molecule has 7 nitrogen and oxygen atoms in total. The Hall–Kier alpha value is -2.19. The second-order valence-electron chi connectivity index (χ2n) is 7.25. The molecule has 0 bridgehead atoms. The summed E-state index contributed by atoms with van der Waals surface area (Å²) in [5.74, 6) is -0.285. The summed E-state index contributed by atoms with van der Waals surface area (Å²) >= 11 is 1.58. The standard InChI is InChI=1S/C21H30N3O4S/c1-15(2)11-19(23-20(27)18(22)9-10-29-3)21(28)24(14-26)17(13-25)12-16-7-5-4-6-8-16/h4-8,14-15,17-19H,9-12,22H2,1-3H3,(H,23,27)/t17-,18-,19-/m0/s1. The highest BCUT2D eigenvalue weighted by Gasteiger charge is 2.32. The molecule has 1 aromatic rings. The molecule has 3 atom stereocenters. The highest BCUT2D eigenvalue weighted by Crippen LogP contribution is 2.13. The maximum absolute atomic E-state index is 13.0. The van der Waals surface area contributed by atoms with Crippen LogP contribution in [0.5, 0.6) is 0 Å². The Labute approximate surface area is 176 Å². The predicted molar refractivity (Wildman–Crippen MR) is 115 cm³/mol. The summed E-state index contributed by atoms with van der Waals surface area (Å²) < 4.78 is 0. The molecule has 0 aliphatic rings. The average molecular weight is 421 g/mol. The largest absolute Gasteiger partial charge is 0.343 e. The number of carbonyl (C=O) groups is 3. The van der Waals surface area contributed by atoms with Crippen LogP contribution in [0.1, 0.15) is 32.3 Å². The summed E-state index contributed by atoms with van der Waals surface area (Å²) in [5, 5.41) is 2.66. The SMILES string of the molecule is CSCC[C@H](N)C(=O)N[C@@H](CC(C)C)C(=O)N(C=O)[C@H]([C]=O)Cc1ccccc1. The van der Waals surface area contributed by atoms with Crippen molar-refractivity contribution in [3.05, 3.63) is 35.9 Å². The molecule has 0 aliphatic heterocycles. The topological polar surface area (TPSA) is 110 Å². The van der Waals surface area contributed by atoms with Crippen molar-refractivity contribution in [2.75, 3.05) is 12.0 Å². The van der Waals surface area contributed by atoms with Crippen molar-refractivity contribution in [1.82, 2.24) is 10.2 Å². The number of benzene rings is 1. The lowest BCUT2D eigenvalue weighted by Crippen LogP contribution is -2.55. The van der Waals surface area contributed by atoms with E-state index in [1.165, 1.54) is 0 Å². The average Bonchev–Trinajstić information content (AvgIpc) is 2.71. The molecular formula is C21H30N3O4S. The second kappa shape index (κ2) is 13.1. The van der Waals surface area contributed by atoms with Gasteiger partial charge in [-0.2, -0.15) is 11.8 Å². The first-order valence-electron chi connectivity index (χ1n) is 9.57. The summed E-state index contributed by atoms with van der Waals surface area (Å²) in [6.07, 6.45) is 4.98. The van der Waals surface area contributed by atoms with Crippen LogP contribution in [0, 0.1) is 5.92 Å². The summed E-state index contributed by atoms with van der Waals surface area (Å²) in [6, 6.07) is 6.29. The minimum Gasteiger partial charge on any atom is -0.343 e. The first-order valence-corrected chi connectivity index (χ1v) is 11.0. The molecule has 29 heavy (non-hydrogen) atoms. The zero-order chi connectivity index (χ0) is 21.8. The van der Waals surface area contributed by atoms with E-state index in [4.69, 9.17) is 5.73 Å². The number of hydrogen-bond acceptors (Lipinski definition) is 6. The Morgan fingerprint density at radius 3 is 2.45 bits per heavy atom. The number of carbonyl (C=O) groups excluding carboxylic acids is 4. The van der Waals surface area contributed by atoms with Crippen LogP contribution in [0.15, 0.2) is 30.3 Å². The van der Waals surface area contributed by atoms with Crippen LogP contribution < -0.4 is 11.1 Å². The van der Waals surface area contributed by atoms with E-state index in [0.717, 1.165) is 16.2 Å². The van der Waals surface area contributed by atoms with E-state index in [0.29, 0.717) is 19.3 Å². The minimum atomic E-state index is -1.07. The molecule has 1 rings (SSSR count). The summed E-state index contributed by atoms with van der Waals surface area (Å²) in [5.41, 5.74) is 6.69. The van der Waals surface area contributed by atoms with E-state index in [2.05, 4.69) is 5.32 Å². The quantitative estimate of drug-likeness (QED) is 0.466. The van der Waals surface area contributed by atoms with E-state index >= 15 is 0 Å². The van der Waals surface area contributed by atoms with Gasteiger partial charge in [-0.15, -0.1) is 0 Å². The lowest BCUT2D eigenvalue weighted by molar-refractivity contribution is -0.143. The first kappa shape index (κ1) is 24.8. The van der Waals surface area contributed by atoms with Crippen LogP contribution in [-0.4, -0.2) is 59.5 Å². The molecule has 3 amide bonds. The molecule has 0 heterocycles. The monoisotopic (exact) mass is 420 g/mol. The van der Waals surface area contributed by atoms with Gasteiger partial charge in [0, 0.05) is 6.42 Å². The molecule has 0 aromatic heterocycles. The smallest absolute Gasteiger partial charge is 0.252 e. The summed E-state index contributed by atoms with van der Waals surface area (Å²) in [6.45, 7) is 3.80. The third-order valence-corrected chi connectivity index (χ3v) is 5.05. The lowest BCUT2D eigenvalue weighted by atomic mass is 10.00. The number of imide groups is 1. The van der Waals surface area contributed by atoms with Crippen molar-refractivity contribution in [1.29, 1.82) is 0 Å². The van der Waals surface area contributed by atoms with Crippen LogP contribution in [0.3, 0.4) is 0 Å². The van der Waals surface area contributed by atoms with Crippen molar-refractivity contribution in [2.45, 2.75) is 51.2 Å². The van der Waals surface area contributed by atoms with Gasteiger partial charge < -0.3 is 11.1 Å². The normalized spacial score (nSPS) is 14.0. The van der Waals surface area contributed by atoms with Gasteiger partial charge >= 0.3 is 0 Å². The van der Waals surface area contributed by atoms with Crippen molar-refractivity contribution in [3.63, 3.8) is 0 Å². The van der Waals surface area contributed by atoms with Crippen LogP contribution in [-0.2, 0) is 25.6 Å². The van der Waals surface area contributed by atoms with Crippen LogP contribution >= 0.6 is 11.8 Å². The zero-order valence-corrected chi connectivity index (χ0v) is 18.0. The summed E-state index contributed by atoms with van der Waals surface area (Å²) in [7, 11) is 0. The molecule has 8 heteroatoms. The second-order valence-corrected chi connectivity index (χ2v) is 8.24. The Kier molecular flexibility index (Phi) is 11.2. The Morgan fingerprint density at radius 1 is 1.28 bits per heavy atom. The molecule has 3 N–H and O–H groups in total. The van der Waals surface area contributed by atoms with E-state index in [-0.39, 0.29) is 12.3 Å². The number of thioether (sulfide) groups is 1. The fraction of sp³-hybridized carbons (Fsp3) is 0.524. The molecule has 0 spiro atoms. The van der Waals surface area contributed by atoms with Crippen molar-refractivity contribution in [2.24, 2.45) is 11.7 Å². The van der Waals surface area contributed by atoms with Gasteiger partial charge in [0.25, 0.3) is 5.91 Å². The third kappa shape index (κ3) is 8.37. The first-order chi connectivity index (χ1) is 13.8. The molecule has 1 aromatic carbocycles. The Bertz CT molecular complexity index is 669. The van der Waals surface area contributed by atoms with Crippen LogP contribution in [0.2, 0.25) is 0 Å². The minimum absolute atomic E-state index is 0.0768. The number of rotatable bonds is 13. The maximum Gasteiger partial charge on any atom is 0.252 e. The molecule has 1 radical (unpaired) electrons. The van der Waals surface area contributed by atoms with Gasteiger partial charge in [0.15, 0.2) is 0 Å². The van der Waals surface area contributed by atoms with Gasteiger partial charge in [-0.1, -0.05) is 44.2 Å². The maximum atomic E-state index is 13.0. The Morgan fingerprint density at radius 2 is 1.93 bits per heavy atom. The number of nitrogens with one attached hydrogen (secondary N) is 1. The van der Waals surface area contributed by atoms with Gasteiger partial charge in [0.05, 0.1) is 6.04 Å². The molecule has 0 fully saturated rings. The number of nitrogens with zero attached hydrogens (tertiary/aromatic N) is 1. The zero-order valence-electron chi connectivity index (χ0n) is 17.2. The van der Waals surface area contributed by atoms with Gasteiger partial charge in [-0.3, -0.25) is 24.1 Å². The van der Waals surface area contributed by atoms with Gasteiger partial charge in [0.1, 0.15) is 12.1 Å². The highest BCUT2D eigenvalue weighted by molar-refractivity contribution is 7.98. The molecule has 0 saturated heterocycles. The lowest BCUT2D eigenvalue weighted by Gasteiger charge is -2.28. The molecule has 0 unspecified atom stereocenters. The van der Waals surface area contributed by atoms with Gasteiger partial charge in [-0.25, -0.2) is 0 Å². The number of nitrogens with two attached hydrogens (primary N) is 1. The molecule has 159 valence electrons. The Balaban J connectivity index is 2.96. The predicted octanol–water partition coefficient (Wildman–Crippen LogP) is 1.30. The number of hydrogen-bond donors (Lipinski definition) is 2. The van der Waals surface area contributed by atoms with E-state index in [1.54, 1.807) is 30.2 Å². The van der Waals surface area contributed by atoms with Gasteiger partial charge in [-0.05, 0) is 36.3 Å². The molecular weight excluding hydrogens is 390 g/mol. The summed E-state index contributed by atoms with van der Waals surface area (Å²) in [4.78, 5) is 49.4. The third-order valence-electron chi connectivity index (χ3n) is 4.40. The van der Waals surface area contributed by atoms with Crippen LogP contribution in [0.25, 0.3) is 0 Å². The molecule has 0 aliphatic carbocycles. The van der Waals surface area contributed by atoms with E-state index in [9.17, 15) is 19.2 Å². The van der Waals surface area contributed by atoms with Crippen molar-refractivity contribution >= 4 is 36.3 Å². The van der Waals surface area contributed by atoms with Gasteiger partial charge in [0.2, 0.25) is 18.6 Å². The highest BCUT2D eigenvalue weighted by atomic mass is 32.2. The molecule has 0 saturated carbocycles. The van der Waals surface area contributed by atoms with Crippen LogP contribution in [0.4, 0.5) is 0 Å². The fourth-order valence-corrected chi connectivity index (χ4v) is 3.33. The van der Waals surface area contributed by atoms with Crippen molar-refractivity contribution in [3.8, 4) is 0 Å². The van der Waals surface area contributed by atoms with E-state index in [1.807, 2.05) is 38.3 Å². The van der Waals surface area contributed by atoms with E-state index < -0.39 is 29.9 Å². The number of amides is 3. The van der Waals surface area contributed by atoms with Crippen molar-refractivity contribution < 1.29 is 19.2 Å². The fourth-order valence-electron chi connectivity index (χ4n) is 2.84.